The lowest BCUT2D eigenvalue weighted by Crippen LogP contribution is -2.65. The molecule has 0 saturated heterocycles. The molecule has 244 valence electrons. The largest absolute Gasteiger partial charge is 0.460 e. The van der Waals surface area contributed by atoms with Crippen molar-refractivity contribution in [3.8, 4) is 0 Å². The maximum absolute atomic E-state index is 14.4. The van der Waals surface area contributed by atoms with Crippen LogP contribution in [0.15, 0.2) is 58.8 Å². The second-order valence-electron chi connectivity index (χ2n) is 17.5. The van der Waals surface area contributed by atoms with E-state index >= 15 is 0 Å². The van der Waals surface area contributed by atoms with E-state index < -0.39 is 5.41 Å². The summed E-state index contributed by atoms with van der Waals surface area (Å²) in [5.74, 6) is 2.45. The van der Waals surface area contributed by atoms with Gasteiger partial charge in [-0.2, -0.15) is 0 Å². The van der Waals surface area contributed by atoms with Gasteiger partial charge in [-0.1, -0.05) is 95.6 Å². The minimum atomic E-state index is -0.419. The van der Waals surface area contributed by atoms with Crippen molar-refractivity contribution in [2.24, 2.45) is 51.2 Å². The van der Waals surface area contributed by atoms with Crippen LogP contribution in [-0.4, -0.2) is 16.1 Å². The maximum Gasteiger partial charge on any atom is 0.313 e. The van der Waals surface area contributed by atoms with Crippen LogP contribution in [0.1, 0.15) is 110 Å². The second kappa shape index (κ2) is 10.0. The van der Waals surface area contributed by atoms with E-state index in [-0.39, 0.29) is 33.5 Å². The smallest absolute Gasteiger partial charge is 0.313 e. The fourth-order valence-corrected chi connectivity index (χ4v) is 12.6. The molecule has 0 bridgehead atoms. The Kier molecular flexibility index (Phi) is 6.63. The van der Waals surface area contributed by atoms with E-state index in [1.807, 2.05) is 24.4 Å². The number of fused-ring (bicyclic) bond motifs is 9. The number of allylic oxidation sites excluding steroid dienone is 2. The van der Waals surface area contributed by atoms with Crippen LogP contribution in [0.25, 0.3) is 11.1 Å². The molecule has 0 aliphatic heterocycles. The number of esters is 1. The Morgan fingerprint density at radius 2 is 1.76 bits per heavy atom. The first kappa shape index (κ1) is 30.4. The molecule has 5 aliphatic rings. The SMILES string of the molecule is C[C@H]1[C@H](C)CC[C@]2(C(=O)OCc3ccccc3)CC[C@]3(C)C(=CC[C@@H]4[C@@]5(C)Cc6cc7cnoc7nc6C(C)(C)[C@@H]5CC[C@]43C)[C@H]12. The number of carbonyl (C=O) groups excluding carboxylic acids is 1. The molecular weight excluding hydrogens is 568 g/mol. The Morgan fingerprint density at radius 1 is 0.978 bits per heavy atom. The number of aromatic nitrogens is 2. The van der Waals surface area contributed by atoms with E-state index in [0.717, 1.165) is 49.5 Å². The summed E-state index contributed by atoms with van der Waals surface area (Å²) in [7, 11) is 0. The predicted molar refractivity (Wildman–Crippen MR) is 181 cm³/mol. The minimum Gasteiger partial charge on any atom is -0.460 e. The van der Waals surface area contributed by atoms with Gasteiger partial charge >= 0.3 is 5.97 Å². The van der Waals surface area contributed by atoms with Gasteiger partial charge in [0, 0.05) is 5.41 Å². The topological polar surface area (TPSA) is 65.2 Å². The number of nitrogens with zero attached hydrogens (tertiary/aromatic N) is 2. The molecule has 0 N–H and O–H groups in total. The molecule has 0 spiro atoms. The van der Waals surface area contributed by atoms with Crippen molar-refractivity contribution < 1.29 is 14.1 Å². The van der Waals surface area contributed by atoms with Crippen LogP contribution in [-0.2, 0) is 28.0 Å². The Morgan fingerprint density at radius 3 is 2.54 bits per heavy atom. The number of pyridine rings is 1. The quantitative estimate of drug-likeness (QED) is 0.215. The van der Waals surface area contributed by atoms with Crippen LogP contribution in [0.4, 0.5) is 0 Å². The van der Waals surface area contributed by atoms with Gasteiger partial charge in [0.2, 0.25) is 0 Å². The lowest BCUT2D eigenvalue weighted by molar-refractivity contribution is -0.184. The molecule has 1 aromatic carbocycles. The molecule has 3 saturated carbocycles. The van der Waals surface area contributed by atoms with Gasteiger partial charge in [-0.25, -0.2) is 4.98 Å². The fraction of sp³-hybridized carbons (Fsp3) is 0.634. The van der Waals surface area contributed by atoms with Crippen molar-refractivity contribution in [2.75, 3.05) is 0 Å². The Hall–Kier alpha value is -2.95. The number of hydrogen-bond acceptors (Lipinski definition) is 5. The van der Waals surface area contributed by atoms with E-state index in [1.54, 1.807) is 5.57 Å². The van der Waals surface area contributed by atoms with Crippen molar-refractivity contribution in [1.29, 1.82) is 0 Å². The van der Waals surface area contributed by atoms with Crippen molar-refractivity contribution in [3.05, 3.63) is 71.1 Å². The third-order valence-corrected chi connectivity index (χ3v) is 15.4. The lowest BCUT2D eigenvalue weighted by Gasteiger charge is -2.71. The molecule has 3 aromatic rings. The summed E-state index contributed by atoms with van der Waals surface area (Å²) in [5.41, 5.74) is 5.81. The number of hydrogen-bond donors (Lipinski definition) is 0. The minimum absolute atomic E-state index is 0.0455. The van der Waals surface area contributed by atoms with Crippen LogP contribution in [0.2, 0.25) is 0 Å². The third kappa shape index (κ3) is 3.89. The van der Waals surface area contributed by atoms with E-state index in [1.165, 1.54) is 24.1 Å². The number of rotatable bonds is 3. The van der Waals surface area contributed by atoms with Gasteiger partial charge in [0.05, 0.1) is 22.7 Å². The van der Waals surface area contributed by atoms with E-state index in [2.05, 4.69) is 77.9 Å². The van der Waals surface area contributed by atoms with Gasteiger partial charge in [-0.15, -0.1) is 0 Å². The molecule has 5 aliphatic carbocycles. The molecule has 3 fully saturated rings. The van der Waals surface area contributed by atoms with E-state index in [0.29, 0.717) is 36.0 Å². The van der Waals surface area contributed by atoms with Gasteiger partial charge in [0.1, 0.15) is 6.61 Å². The molecule has 2 aromatic heterocycles. The van der Waals surface area contributed by atoms with E-state index in [4.69, 9.17) is 14.2 Å². The first-order chi connectivity index (χ1) is 21.8. The Bertz CT molecular complexity index is 1720. The highest BCUT2D eigenvalue weighted by molar-refractivity contribution is 5.79. The average Bonchev–Trinajstić information content (AvgIpc) is 3.49. The number of ether oxygens (including phenoxy) is 1. The van der Waals surface area contributed by atoms with Gasteiger partial charge in [0.15, 0.2) is 0 Å². The number of carbonyl (C=O) groups is 1. The standard InChI is InChI=1S/C41H52N2O3/c1-25-15-18-41(36(44)45-24-27-11-9-8-10-12-27)20-19-39(6)30(33(41)26(25)2)13-14-32-38(5)22-28-21-29-23-42-46-35(29)43-34(28)37(3,4)31(38)16-17-40(32,39)7/h8-13,21,23,25-26,31-33H,14-20,22,24H2,1-7H3/t25-,26+,31+,32-,33+,38+,39-,40-,41+/m1/s1. The molecule has 9 atom stereocenters. The molecule has 0 unspecified atom stereocenters. The van der Waals surface area contributed by atoms with Gasteiger partial charge in [-0.3, -0.25) is 4.79 Å². The van der Waals surface area contributed by atoms with Crippen molar-refractivity contribution in [2.45, 2.75) is 112 Å². The zero-order valence-corrected chi connectivity index (χ0v) is 29.0. The maximum atomic E-state index is 14.4. The average molecular weight is 621 g/mol. The molecular formula is C41H52N2O3. The van der Waals surface area contributed by atoms with Crippen LogP contribution >= 0.6 is 0 Å². The first-order valence-corrected chi connectivity index (χ1v) is 18.0. The summed E-state index contributed by atoms with van der Waals surface area (Å²) < 4.78 is 11.8. The van der Waals surface area contributed by atoms with Crippen molar-refractivity contribution in [1.82, 2.24) is 10.1 Å². The molecule has 2 heterocycles. The highest BCUT2D eigenvalue weighted by Crippen LogP contribution is 2.75. The van der Waals surface area contributed by atoms with Gasteiger partial charge in [-0.05, 0) is 114 Å². The molecule has 46 heavy (non-hydrogen) atoms. The van der Waals surface area contributed by atoms with E-state index in [9.17, 15) is 4.79 Å². The van der Waals surface area contributed by atoms with Crippen LogP contribution < -0.4 is 0 Å². The number of benzene rings is 1. The van der Waals surface area contributed by atoms with Crippen LogP contribution in [0, 0.1) is 51.2 Å². The zero-order chi connectivity index (χ0) is 32.3. The van der Waals surface area contributed by atoms with Crippen LogP contribution in [0.5, 0.6) is 0 Å². The summed E-state index contributed by atoms with van der Waals surface area (Å²) in [5, 5.41) is 5.08. The summed E-state index contributed by atoms with van der Waals surface area (Å²) in [4.78, 5) is 19.4. The van der Waals surface area contributed by atoms with Crippen LogP contribution in [0.3, 0.4) is 0 Å². The molecule has 5 heteroatoms. The highest BCUT2D eigenvalue weighted by atomic mass is 16.5. The second-order valence-corrected chi connectivity index (χ2v) is 17.5. The first-order valence-electron chi connectivity index (χ1n) is 18.0. The Labute approximate surface area is 274 Å². The summed E-state index contributed by atoms with van der Waals surface area (Å²) in [6, 6.07) is 12.5. The van der Waals surface area contributed by atoms with Gasteiger partial charge in [0.25, 0.3) is 5.71 Å². The van der Waals surface area contributed by atoms with Crippen molar-refractivity contribution >= 4 is 17.1 Å². The normalized spacial score (nSPS) is 40.8. The predicted octanol–water partition coefficient (Wildman–Crippen LogP) is 9.64. The molecule has 5 nitrogen and oxygen atoms in total. The fourth-order valence-electron chi connectivity index (χ4n) is 12.6. The monoisotopic (exact) mass is 620 g/mol. The lowest BCUT2D eigenvalue weighted by atomic mass is 9.33. The molecule has 8 rings (SSSR count). The molecule has 0 amide bonds. The summed E-state index contributed by atoms with van der Waals surface area (Å²) in [6.07, 6.45) is 13.1. The highest BCUT2D eigenvalue weighted by Gasteiger charge is 2.69. The summed E-state index contributed by atoms with van der Waals surface area (Å²) >= 11 is 0. The summed E-state index contributed by atoms with van der Waals surface area (Å²) in [6.45, 7) is 17.9. The van der Waals surface area contributed by atoms with Gasteiger partial charge < -0.3 is 9.26 Å². The van der Waals surface area contributed by atoms with Crippen molar-refractivity contribution in [3.63, 3.8) is 0 Å². The third-order valence-electron chi connectivity index (χ3n) is 15.4. The zero-order valence-electron chi connectivity index (χ0n) is 29.0. The Balaban J connectivity index is 1.18. The molecule has 0 radical (unpaired) electrons.